The largest absolute Gasteiger partial charge is 0.374 e. The van der Waals surface area contributed by atoms with E-state index < -0.39 is 0 Å². The Kier molecular flexibility index (Phi) is 5.88. The minimum atomic E-state index is 0.239. The summed E-state index contributed by atoms with van der Waals surface area (Å²) in [4.78, 5) is 2.69. The second kappa shape index (κ2) is 7.24. The zero-order chi connectivity index (χ0) is 14.6. The number of hydrogen-bond acceptors (Lipinski definition) is 3. The van der Waals surface area contributed by atoms with Crippen LogP contribution in [0.25, 0.3) is 0 Å². The SMILES string of the molecule is CCCN(CC1CCC(C)O1)C1(CN)CCCC(C)C1. The van der Waals surface area contributed by atoms with Gasteiger partial charge < -0.3 is 10.5 Å². The molecule has 2 aliphatic rings. The van der Waals surface area contributed by atoms with Crippen molar-refractivity contribution in [2.45, 2.75) is 83.5 Å². The Hall–Kier alpha value is -0.120. The molecule has 3 nitrogen and oxygen atoms in total. The summed E-state index contributed by atoms with van der Waals surface area (Å²) in [6.07, 6.45) is 9.77. The summed E-state index contributed by atoms with van der Waals surface area (Å²) in [7, 11) is 0. The minimum absolute atomic E-state index is 0.239. The minimum Gasteiger partial charge on any atom is -0.374 e. The van der Waals surface area contributed by atoms with E-state index in [-0.39, 0.29) is 5.54 Å². The first-order valence-corrected chi connectivity index (χ1v) is 8.70. The van der Waals surface area contributed by atoms with E-state index in [1.54, 1.807) is 0 Å². The molecule has 1 heterocycles. The van der Waals surface area contributed by atoms with E-state index in [1.807, 2.05) is 0 Å². The first-order chi connectivity index (χ1) is 9.59. The Balaban J connectivity index is 2.04. The summed E-state index contributed by atoms with van der Waals surface area (Å²) in [5.74, 6) is 0.815. The molecule has 2 fully saturated rings. The van der Waals surface area contributed by atoms with E-state index >= 15 is 0 Å². The molecule has 0 aromatic rings. The van der Waals surface area contributed by atoms with E-state index in [0.717, 1.165) is 25.6 Å². The van der Waals surface area contributed by atoms with Crippen LogP contribution in [0.1, 0.15) is 65.7 Å². The predicted molar refractivity (Wildman–Crippen MR) is 84.9 cm³/mol. The lowest BCUT2D eigenvalue weighted by molar-refractivity contribution is -0.0209. The molecule has 118 valence electrons. The third-order valence-corrected chi connectivity index (χ3v) is 5.36. The Morgan fingerprint density at radius 1 is 1.25 bits per heavy atom. The summed E-state index contributed by atoms with van der Waals surface area (Å²) >= 11 is 0. The fourth-order valence-corrected chi connectivity index (χ4v) is 4.29. The zero-order valence-corrected chi connectivity index (χ0v) is 13.7. The molecule has 4 atom stereocenters. The molecule has 1 aliphatic heterocycles. The first kappa shape index (κ1) is 16.3. The summed E-state index contributed by atoms with van der Waals surface area (Å²) in [5, 5.41) is 0. The van der Waals surface area contributed by atoms with Crippen molar-refractivity contribution in [3.05, 3.63) is 0 Å². The van der Waals surface area contributed by atoms with Crippen molar-refractivity contribution in [1.82, 2.24) is 4.90 Å². The topological polar surface area (TPSA) is 38.5 Å². The lowest BCUT2D eigenvalue weighted by Gasteiger charge is -2.48. The number of nitrogens with two attached hydrogens (primary N) is 1. The Morgan fingerprint density at radius 3 is 2.60 bits per heavy atom. The van der Waals surface area contributed by atoms with E-state index in [1.165, 1.54) is 44.9 Å². The van der Waals surface area contributed by atoms with Gasteiger partial charge in [0.1, 0.15) is 0 Å². The highest BCUT2D eigenvalue weighted by Gasteiger charge is 2.40. The number of nitrogens with zero attached hydrogens (tertiary/aromatic N) is 1. The van der Waals surface area contributed by atoms with Crippen molar-refractivity contribution in [3.8, 4) is 0 Å². The van der Waals surface area contributed by atoms with Gasteiger partial charge in [0.25, 0.3) is 0 Å². The van der Waals surface area contributed by atoms with Crippen LogP contribution in [0.2, 0.25) is 0 Å². The van der Waals surface area contributed by atoms with Crippen molar-refractivity contribution in [3.63, 3.8) is 0 Å². The van der Waals surface area contributed by atoms with Crippen LogP contribution in [0.3, 0.4) is 0 Å². The van der Waals surface area contributed by atoms with Gasteiger partial charge in [-0.2, -0.15) is 0 Å². The van der Waals surface area contributed by atoms with Crippen molar-refractivity contribution < 1.29 is 4.74 Å². The smallest absolute Gasteiger partial charge is 0.0706 e. The summed E-state index contributed by atoms with van der Waals surface area (Å²) in [6.45, 7) is 9.93. The molecule has 0 aromatic carbocycles. The Bertz CT molecular complexity index is 297. The number of hydrogen-bond donors (Lipinski definition) is 1. The van der Waals surface area contributed by atoms with Crippen LogP contribution in [0, 0.1) is 5.92 Å². The van der Waals surface area contributed by atoms with Gasteiger partial charge in [-0.15, -0.1) is 0 Å². The predicted octanol–water partition coefficient (Wildman–Crippen LogP) is 3.17. The Labute approximate surface area is 125 Å². The van der Waals surface area contributed by atoms with Crippen LogP contribution in [-0.2, 0) is 4.74 Å². The van der Waals surface area contributed by atoms with Crippen molar-refractivity contribution in [2.75, 3.05) is 19.6 Å². The lowest BCUT2D eigenvalue weighted by Crippen LogP contribution is -2.58. The second-order valence-electron chi connectivity index (χ2n) is 7.22. The molecule has 0 amide bonds. The molecule has 1 aliphatic carbocycles. The van der Waals surface area contributed by atoms with Gasteiger partial charge >= 0.3 is 0 Å². The molecule has 1 saturated heterocycles. The van der Waals surface area contributed by atoms with E-state index in [4.69, 9.17) is 10.5 Å². The monoisotopic (exact) mass is 282 g/mol. The maximum Gasteiger partial charge on any atom is 0.0706 e. The molecule has 2 N–H and O–H groups in total. The average Bonchev–Trinajstić information content (AvgIpc) is 2.83. The van der Waals surface area contributed by atoms with Crippen molar-refractivity contribution in [2.24, 2.45) is 11.7 Å². The molecule has 20 heavy (non-hydrogen) atoms. The summed E-state index contributed by atoms with van der Waals surface area (Å²) in [5.41, 5.74) is 6.49. The molecular weight excluding hydrogens is 248 g/mol. The van der Waals surface area contributed by atoms with E-state index in [2.05, 4.69) is 25.7 Å². The van der Waals surface area contributed by atoms with Crippen LogP contribution >= 0.6 is 0 Å². The van der Waals surface area contributed by atoms with E-state index in [9.17, 15) is 0 Å². The van der Waals surface area contributed by atoms with Gasteiger partial charge in [-0.05, 0) is 51.5 Å². The maximum absolute atomic E-state index is 6.25. The van der Waals surface area contributed by atoms with Crippen LogP contribution in [0.5, 0.6) is 0 Å². The molecular formula is C17H34N2O. The Morgan fingerprint density at radius 2 is 2.05 bits per heavy atom. The molecule has 0 radical (unpaired) electrons. The van der Waals surface area contributed by atoms with E-state index in [0.29, 0.717) is 12.2 Å². The summed E-state index contributed by atoms with van der Waals surface area (Å²) in [6, 6.07) is 0. The van der Waals surface area contributed by atoms with Crippen molar-refractivity contribution >= 4 is 0 Å². The third-order valence-electron chi connectivity index (χ3n) is 5.36. The highest BCUT2D eigenvalue weighted by molar-refractivity contribution is 4.97. The fourth-order valence-electron chi connectivity index (χ4n) is 4.29. The second-order valence-corrected chi connectivity index (χ2v) is 7.22. The molecule has 4 unspecified atom stereocenters. The van der Waals surface area contributed by atoms with Gasteiger partial charge in [-0.3, -0.25) is 4.90 Å². The van der Waals surface area contributed by atoms with Gasteiger partial charge in [0.2, 0.25) is 0 Å². The quantitative estimate of drug-likeness (QED) is 0.813. The van der Waals surface area contributed by atoms with Crippen LogP contribution < -0.4 is 5.73 Å². The molecule has 0 spiro atoms. The maximum atomic E-state index is 6.25. The molecule has 1 saturated carbocycles. The number of ether oxygens (including phenoxy) is 1. The molecule has 2 rings (SSSR count). The third kappa shape index (κ3) is 3.75. The average molecular weight is 282 g/mol. The molecule has 0 aromatic heterocycles. The normalized spacial score (nSPS) is 38.5. The lowest BCUT2D eigenvalue weighted by atomic mass is 9.75. The highest BCUT2D eigenvalue weighted by atomic mass is 16.5. The fraction of sp³-hybridized carbons (Fsp3) is 1.00. The molecule has 0 bridgehead atoms. The summed E-state index contributed by atoms with van der Waals surface area (Å²) < 4.78 is 6.06. The first-order valence-electron chi connectivity index (χ1n) is 8.70. The van der Waals surface area contributed by atoms with Crippen LogP contribution in [-0.4, -0.2) is 42.3 Å². The number of rotatable bonds is 6. The van der Waals surface area contributed by atoms with Crippen molar-refractivity contribution in [1.29, 1.82) is 0 Å². The standard InChI is InChI=1S/C17H34N2O/c1-4-10-19(12-16-8-7-15(3)20-16)17(13-18)9-5-6-14(2)11-17/h14-16H,4-13,18H2,1-3H3. The van der Waals surface area contributed by atoms with Gasteiger partial charge in [0.05, 0.1) is 12.2 Å². The highest BCUT2D eigenvalue weighted by Crippen LogP contribution is 2.37. The van der Waals surface area contributed by atoms with Gasteiger partial charge in [-0.1, -0.05) is 26.7 Å². The zero-order valence-electron chi connectivity index (χ0n) is 13.7. The van der Waals surface area contributed by atoms with Gasteiger partial charge in [0.15, 0.2) is 0 Å². The van der Waals surface area contributed by atoms with Gasteiger partial charge in [0, 0.05) is 18.6 Å². The molecule has 3 heteroatoms. The van der Waals surface area contributed by atoms with Gasteiger partial charge in [-0.25, -0.2) is 0 Å². The van der Waals surface area contributed by atoms with Crippen LogP contribution in [0.15, 0.2) is 0 Å². The van der Waals surface area contributed by atoms with Crippen LogP contribution in [0.4, 0.5) is 0 Å².